The van der Waals surface area contributed by atoms with Crippen LogP contribution in [0.1, 0.15) is 49.7 Å². The molecular formula is C19H29ClN4. The lowest BCUT2D eigenvalue weighted by Crippen LogP contribution is -2.45. The topological polar surface area (TPSA) is 33.1 Å². The van der Waals surface area contributed by atoms with Gasteiger partial charge in [-0.15, -0.1) is 12.4 Å². The maximum absolute atomic E-state index is 4.71. The highest BCUT2D eigenvalue weighted by atomic mass is 35.5. The molecule has 5 heteroatoms. The van der Waals surface area contributed by atoms with E-state index in [1.54, 1.807) is 0 Å². The Morgan fingerprint density at radius 3 is 2.58 bits per heavy atom. The number of halogens is 1. The van der Waals surface area contributed by atoms with E-state index in [-0.39, 0.29) is 12.4 Å². The average Bonchev–Trinajstić information content (AvgIpc) is 3.04. The summed E-state index contributed by atoms with van der Waals surface area (Å²) in [4.78, 5) is 2.55. The zero-order chi connectivity index (χ0) is 16.2. The van der Waals surface area contributed by atoms with Crippen molar-refractivity contribution in [3.63, 3.8) is 0 Å². The van der Waals surface area contributed by atoms with Gasteiger partial charge in [0.25, 0.3) is 0 Å². The van der Waals surface area contributed by atoms with Gasteiger partial charge < -0.3 is 5.32 Å². The van der Waals surface area contributed by atoms with E-state index in [0.29, 0.717) is 12.1 Å². The highest BCUT2D eigenvalue weighted by Gasteiger charge is 2.24. The van der Waals surface area contributed by atoms with Crippen molar-refractivity contribution in [2.75, 3.05) is 19.6 Å². The molecule has 1 saturated heterocycles. The minimum absolute atomic E-state index is 0. The summed E-state index contributed by atoms with van der Waals surface area (Å²) in [5.41, 5.74) is 3.97. The largest absolute Gasteiger partial charge is 0.314 e. The van der Waals surface area contributed by atoms with Crippen LogP contribution in [0.3, 0.4) is 0 Å². The van der Waals surface area contributed by atoms with Gasteiger partial charge in [-0.1, -0.05) is 31.2 Å². The lowest BCUT2D eigenvalue weighted by molar-refractivity contribution is 0.151. The van der Waals surface area contributed by atoms with E-state index in [1.165, 1.54) is 11.1 Å². The number of rotatable bonds is 5. The highest BCUT2D eigenvalue weighted by molar-refractivity contribution is 5.85. The van der Waals surface area contributed by atoms with Gasteiger partial charge >= 0.3 is 0 Å². The molecule has 2 aromatic rings. The summed E-state index contributed by atoms with van der Waals surface area (Å²) >= 11 is 0. The Morgan fingerprint density at radius 1 is 1.21 bits per heavy atom. The third kappa shape index (κ3) is 4.38. The third-order valence-electron chi connectivity index (χ3n) is 4.68. The van der Waals surface area contributed by atoms with Gasteiger partial charge in [-0.05, 0) is 37.5 Å². The van der Waals surface area contributed by atoms with Gasteiger partial charge in [0.05, 0.1) is 5.69 Å². The van der Waals surface area contributed by atoms with Crippen LogP contribution >= 0.6 is 12.4 Å². The van der Waals surface area contributed by atoms with Crippen LogP contribution in [0.2, 0.25) is 0 Å². The van der Waals surface area contributed by atoms with Crippen molar-refractivity contribution in [1.82, 2.24) is 20.0 Å². The first-order valence-corrected chi connectivity index (χ1v) is 8.75. The van der Waals surface area contributed by atoms with Crippen LogP contribution in [0, 0.1) is 0 Å². The van der Waals surface area contributed by atoms with E-state index in [9.17, 15) is 0 Å². The number of benzene rings is 1. The van der Waals surface area contributed by atoms with Crippen LogP contribution in [0.4, 0.5) is 0 Å². The molecule has 2 heterocycles. The van der Waals surface area contributed by atoms with E-state index in [0.717, 1.165) is 38.3 Å². The molecule has 132 valence electrons. The number of piperazine rings is 1. The van der Waals surface area contributed by atoms with Crippen molar-refractivity contribution in [1.29, 1.82) is 0 Å². The van der Waals surface area contributed by atoms with Gasteiger partial charge in [0, 0.05) is 44.5 Å². The molecule has 1 aromatic carbocycles. The summed E-state index contributed by atoms with van der Waals surface area (Å²) in [6.07, 6.45) is 3.19. The first kappa shape index (κ1) is 19.0. The fraction of sp³-hybridized carbons (Fsp3) is 0.526. The van der Waals surface area contributed by atoms with Gasteiger partial charge in [-0.2, -0.15) is 5.10 Å². The van der Waals surface area contributed by atoms with E-state index in [1.807, 2.05) is 4.68 Å². The van der Waals surface area contributed by atoms with Crippen LogP contribution < -0.4 is 5.32 Å². The normalized spacial score (nSPS) is 18.6. The van der Waals surface area contributed by atoms with Gasteiger partial charge in [-0.25, -0.2) is 0 Å². The Kier molecular flexibility index (Phi) is 6.84. The zero-order valence-electron chi connectivity index (χ0n) is 14.9. The molecule has 0 radical (unpaired) electrons. The quantitative estimate of drug-likeness (QED) is 0.896. The fourth-order valence-corrected chi connectivity index (χ4v) is 3.20. The molecule has 3 rings (SSSR count). The lowest BCUT2D eigenvalue weighted by atomic mass is 10.0. The summed E-state index contributed by atoms with van der Waals surface area (Å²) in [7, 11) is 0. The standard InChI is InChI=1S/C19H28N4.ClH/c1-4-16-5-7-17(8-6-16)19-13-20-10-12-22(19)14-18-9-11-23(21-18)15(2)3;/h5-9,11,15,19-20H,4,10,12-14H2,1-3H3;1H. The third-order valence-corrected chi connectivity index (χ3v) is 4.68. The smallest absolute Gasteiger partial charge is 0.0765 e. The average molecular weight is 349 g/mol. The van der Waals surface area contributed by atoms with Crippen molar-refractivity contribution < 1.29 is 0 Å². The molecule has 0 amide bonds. The molecule has 1 atom stereocenters. The lowest BCUT2D eigenvalue weighted by Gasteiger charge is -2.36. The number of nitrogens with zero attached hydrogens (tertiary/aromatic N) is 3. The van der Waals surface area contributed by atoms with E-state index < -0.39 is 0 Å². The van der Waals surface area contributed by atoms with Crippen LogP contribution in [0.5, 0.6) is 0 Å². The maximum Gasteiger partial charge on any atom is 0.0765 e. The minimum atomic E-state index is 0. The Bertz CT molecular complexity index is 621. The molecule has 0 saturated carbocycles. The van der Waals surface area contributed by atoms with Gasteiger partial charge in [0.15, 0.2) is 0 Å². The van der Waals surface area contributed by atoms with Crippen molar-refractivity contribution >= 4 is 12.4 Å². The molecule has 0 spiro atoms. The second kappa shape index (κ2) is 8.65. The van der Waals surface area contributed by atoms with Crippen LogP contribution in [-0.4, -0.2) is 34.3 Å². The minimum Gasteiger partial charge on any atom is -0.314 e. The molecule has 1 N–H and O–H groups in total. The number of aryl methyl sites for hydroxylation is 1. The number of hydrogen-bond acceptors (Lipinski definition) is 3. The van der Waals surface area contributed by atoms with Crippen LogP contribution in [0.15, 0.2) is 36.5 Å². The van der Waals surface area contributed by atoms with E-state index in [2.05, 4.69) is 67.5 Å². The second-order valence-electron chi connectivity index (χ2n) is 6.67. The summed E-state index contributed by atoms with van der Waals surface area (Å²) in [5, 5.41) is 8.25. The highest BCUT2D eigenvalue weighted by Crippen LogP contribution is 2.24. The molecule has 1 aliphatic rings. The van der Waals surface area contributed by atoms with Gasteiger partial charge in [0.1, 0.15) is 0 Å². The number of nitrogens with one attached hydrogen (secondary N) is 1. The SMILES string of the molecule is CCc1ccc(C2CNCCN2Cc2ccn(C(C)C)n2)cc1.Cl. The fourth-order valence-electron chi connectivity index (χ4n) is 3.20. The number of aromatic nitrogens is 2. The molecule has 1 aromatic heterocycles. The van der Waals surface area contributed by atoms with Crippen molar-refractivity contribution in [2.24, 2.45) is 0 Å². The Morgan fingerprint density at radius 2 is 1.96 bits per heavy atom. The van der Waals surface area contributed by atoms with Gasteiger partial charge in [-0.3, -0.25) is 9.58 Å². The van der Waals surface area contributed by atoms with Crippen LogP contribution in [-0.2, 0) is 13.0 Å². The molecule has 1 aliphatic heterocycles. The maximum atomic E-state index is 4.71. The summed E-state index contributed by atoms with van der Waals surface area (Å²) < 4.78 is 2.04. The Labute approximate surface area is 151 Å². The molecule has 24 heavy (non-hydrogen) atoms. The number of hydrogen-bond donors (Lipinski definition) is 1. The first-order chi connectivity index (χ1) is 11.2. The molecule has 4 nitrogen and oxygen atoms in total. The summed E-state index contributed by atoms with van der Waals surface area (Å²) in [6, 6.07) is 12.1. The predicted octanol–water partition coefficient (Wildman–Crippen LogP) is 3.59. The Hall–Kier alpha value is -1.36. The van der Waals surface area contributed by atoms with Crippen molar-refractivity contribution in [3.8, 4) is 0 Å². The van der Waals surface area contributed by atoms with Crippen molar-refractivity contribution in [2.45, 2.75) is 45.8 Å². The van der Waals surface area contributed by atoms with Gasteiger partial charge in [0.2, 0.25) is 0 Å². The molecule has 0 aliphatic carbocycles. The molecular weight excluding hydrogens is 320 g/mol. The van der Waals surface area contributed by atoms with E-state index >= 15 is 0 Å². The Balaban J connectivity index is 0.00000208. The second-order valence-corrected chi connectivity index (χ2v) is 6.67. The van der Waals surface area contributed by atoms with E-state index in [4.69, 9.17) is 5.10 Å². The molecule has 1 fully saturated rings. The first-order valence-electron chi connectivity index (χ1n) is 8.75. The van der Waals surface area contributed by atoms with Crippen molar-refractivity contribution in [3.05, 3.63) is 53.3 Å². The molecule has 0 bridgehead atoms. The predicted molar refractivity (Wildman–Crippen MR) is 102 cm³/mol. The molecule has 1 unspecified atom stereocenters. The van der Waals surface area contributed by atoms with Crippen LogP contribution in [0.25, 0.3) is 0 Å². The summed E-state index contributed by atoms with van der Waals surface area (Å²) in [6.45, 7) is 10.6. The zero-order valence-corrected chi connectivity index (χ0v) is 15.7. The monoisotopic (exact) mass is 348 g/mol. The summed E-state index contributed by atoms with van der Waals surface area (Å²) in [5.74, 6) is 0.